The highest BCUT2D eigenvalue weighted by molar-refractivity contribution is 5.98. The number of aliphatic hydroxyl groups excluding tert-OH is 1. The molecule has 0 heterocycles. The second kappa shape index (κ2) is 8.35. The van der Waals surface area contributed by atoms with E-state index in [1.807, 2.05) is 0 Å². The lowest BCUT2D eigenvalue weighted by Gasteiger charge is -2.05. The van der Waals surface area contributed by atoms with Gasteiger partial charge >= 0.3 is 5.97 Å². The van der Waals surface area contributed by atoms with Crippen molar-refractivity contribution in [2.24, 2.45) is 11.5 Å². The van der Waals surface area contributed by atoms with Gasteiger partial charge in [0.1, 0.15) is 0 Å². The molecule has 1 aromatic carbocycles. The SMILES string of the molecule is CN.NCc1cccc(C(=O)CC(O)C(=O)O)c1. The van der Waals surface area contributed by atoms with Crippen molar-refractivity contribution in [1.29, 1.82) is 0 Å². The van der Waals surface area contributed by atoms with Crippen molar-refractivity contribution in [1.82, 2.24) is 0 Å². The lowest BCUT2D eigenvalue weighted by atomic mass is 10.0. The molecule has 1 atom stereocenters. The average molecular weight is 254 g/mol. The number of hydrogen-bond acceptors (Lipinski definition) is 5. The highest BCUT2D eigenvalue weighted by Gasteiger charge is 2.18. The van der Waals surface area contributed by atoms with Gasteiger partial charge in [-0.15, -0.1) is 0 Å². The number of nitrogens with two attached hydrogens (primary N) is 2. The number of carboxylic acid groups (broad SMARTS) is 1. The third-order valence-corrected chi connectivity index (χ3v) is 2.15. The first-order valence-electron chi connectivity index (χ1n) is 5.35. The van der Waals surface area contributed by atoms with Gasteiger partial charge in [0.05, 0.1) is 0 Å². The highest BCUT2D eigenvalue weighted by Crippen LogP contribution is 2.09. The molecular formula is C12H18N2O4. The second-order valence-corrected chi connectivity index (χ2v) is 3.39. The van der Waals surface area contributed by atoms with Crippen LogP contribution in [0, 0.1) is 0 Å². The number of benzene rings is 1. The molecule has 0 saturated carbocycles. The summed E-state index contributed by atoms with van der Waals surface area (Å²) in [5.74, 6) is -1.81. The summed E-state index contributed by atoms with van der Waals surface area (Å²) in [5.41, 5.74) is 11.1. The van der Waals surface area contributed by atoms with Crippen LogP contribution < -0.4 is 11.5 Å². The number of Topliss-reactive ketones (excluding diaryl/α,β-unsaturated/α-hetero) is 1. The van der Waals surface area contributed by atoms with Crippen molar-refractivity contribution in [3.63, 3.8) is 0 Å². The van der Waals surface area contributed by atoms with E-state index in [1.165, 1.54) is 7.05 Å². The summed E-state index contributed by atoms with van der Waals surface area (Å²) in [6, 6.07) is 6.60. The number of aliphatic carboxylic acids is 1. The molecule has 0 bridgehead atoms. The fourth-order valence-corrected chi connectivity index (χ4v) is 1.25. The summed E-state index contributed by atoms with van der Waals surface area (Å²) in [6.07, 6.45) is -2.09. The quantitative estimate of drug-likeness (QED) is 0.536. The molecule has 0 aliphatic heterocycles. The predicted octanol–water partition coefficient (Wildman–Crippen LogP) is -0.262. The number of aliphatic hydroxyl groups is 1. The fourth-order valence-electron chi connectivity index (χ4n) is 1.25. The van der Waals surface area contributed by atoms with Gasteiger partial charge in [0.25, 0.3) is 0 Å². The van der Waals surface area contributed by atoms with Gasteiger partial charge in [-0.1, -0.05) is 18.2 Å². The monoisotopic (exact) mass is 254 g/mol. The molecule has 1 rings (SSSR count). The standard InChI is InChI=1S/C11H13NO4.CH5N/c12-6-7-2-1-3-8(4-7)9(13)5-10(14)11(15)16;1-2/h1-4,10,14H,5-6,12H2,(H,15,16);2H2,1H3. The van der Waals surface area contributed by atoms with E-state index in [2.05, 4.69) is 5.73 Å². The van der Waals surface area contributed by atoms with Gasteiger partial charge < -0.3 is 21.7 Å². The number of ketones is 1. The van der Waals surface area contributed by atoms with Crippen LogP contribution in [-0.4, -0.2) is 35.1 Å². The first kappa shape index (κ1) is 16.2. The summed E-state index contributed by atoms with van der Waals surface area (Å²) in [4.78, 5) is 21.9. The normalized spacial score (nSPS) is 11.1. The molecule has 0 amide bonds. The summed E-state index contributed by atoms with van der Waals surface area (Å²) in [6.45, 7) is 0.308. The number of hydrogen-bond donors (Lipinski definition) is 4. The van der Waals surface area contributed by atoms with Crippen molar-refractivity contribution < 1.29 is 19.8 Å². The van der Waals surface area contributed by atoms with Gasteiger partial charge in [0.15, 0.2) is 11.9 Å². The Morgan fingerprint density at radius 2 is 1.94 bits per heavy atom. The van der Waals surface area contributed by atoms with Crippen LogP contribution in [-0.2, 0) is 11.3 Å². The van der Waals surface area contributed by atoms with Gasteiger partial charge in [0, 0.05) is 18.5 Å². The average Bonchev–Trinajstić information content (AvgIpc) is 2.40. The number of carbonyl (C=O) groups excluding carboxylic acids is 1. The molecule has 1 aromatic rings. The van der Waals surface area contributed by atoms with Crippen LogP contribution in [0.1, 0.15) is 22.3 Å². The van der Waals surface area contributed by atoms with Gasteiger partial charge in [-0.25, -0.2) is 4.79 Å². The largest absolute Gasteiger partial charge is 0.479 e. The van der Waals surface area contributed by atoms with Crippen molar-refractivity contribution in [3.8, 4) is 0 Å². The molecule has 18 heavy (non-hydrogen) atoms. The molecule has 0 aliphatic rings. The molecule has 0 aromatic heterocycles. The third kappa shape index (κ3) is 5.05. The molecule has 6 heteroatoms. The molecule has 0 saturated heterocycles. The van der Waals surface area contributed by atoms with Crippen LogP contribution in [0.25, 0.3) is 0 Å². The van der Waals surface area contributed by atoms with E-state index in [-0.39, 0.29) is 0 Å². The molecule has 0 aliphatic carbocycles. The minimum Gasteiger partial charge on any atom is -0.479 e. The van der Waals surface area contributed by atoms with Crippen LogP contribution in [0.5, 0.6) is 0 Å². The van der Waals surface area contributed by atoms with Crippen LogP contribution in [0.3, 0.4) is 0 Å². The minimum absolute atomic E-state index is 0.308. The van der Waals surface area contributed by atoms with Gasteiger partial charge in [0.2, 0.25) is 0 Å². The maximum absolute atomic E-state index is 11.6. The van der Waals surface area contributed by atoms with Crippen LogP contribution in [0.15, 0.2) is 24.3 Å². The lowest BCUT2D eigenvalue weighted by molar-refractivity contribution is -0.146. The molecule has 100 valence electrons. The summed E-state index contributed by atoms with van der Waals surface area (Å²) < 4.78 is 0. The second-order valence-electron chi connectivity index (χ2n) is 3.39. The zero-order chi connectivity index (χ0) is 14.1. The minimum atomic E-state index is -1.66. The van der Waals surface area contributed by atoms with Crippen molar-refractivity contribution in [2.45, 2.75) is 19.1 Å². The molecular weight excluding hydrogens is 236 g/mol. The van der Waals surface area contributed by atoms with E-state index in [9.17, 15) is 9.59 Å². The molecule has 1 unspecified atom stereocenters. The molecule has 0 spiro atoms. The maximum Gasteiger partial charge on any atom is 0.332 e. The van der Waals surface area contributed by atoms with Crippen molar-refractivity contribution in [3.05, 3.63) is 35.4 Å². The first-order valence-corrected chi connectivity index (χ1v) is 5.35. The number of carbonyl (C=O) groups is 2. The Morgan fingerprint density at radius 3 is 2.44 bits per heavy atom. The fraction of sp³-hybridized carbons (Fsp3) is 0.333. The number of rotatable bonds is 5. The van der Waals surface area contributed by atoms with Crippen molar-refractivity contribution in [2.75, 3.05) is 7.05 Å². The number of carboxylic acids is 1. The Labute approximate surface area is 105 Å². The van der Waals surface area contributed by atoms with Crippen LogP contribution in [0.2, 0.25) is 0 Å². The third-order valence-electron chi connectivity index (χ3n) is 2.15. The van der Waals surface area contributed by atoms with Crippen LogP contribution in [0.4, 0.5) is 0 Å². The smallest absolute Gasteiger partial charge is 0.332 e. The topological polar surface area (TPSA) is 127 Å². The van der Waals surface area contributed by atoms with Gasteiger partial charge in [-0.2, -0.15) is 0 Å². The Bertz CT molecular complexity index is 407. The summed E-state index contributed by atoms with van der Waals surface area (Å²) >= 11 is 0. The van der Waals surface area contributed by atoms with E-state index in [0.717, 1.165) is 5.56 Å². The Hall–Kier alpha value is -1.76. The van der Waals surface area contributed by atoms with E-state index in [4.69, 9.17) is 15.9 Å². The van der Waals surface area contributed by atoms with Gasteiger partial charge in [-0.3, -0.25) is 4.79 Å². The van der Waals surface area contributed by atoms with E-state index >= 15 is 0 Å². The predicted molar refractivity (Wildman–Crippen MR) is 67.0 cm³/mol. The van der Waals surface area contributed by atoms with E-state index < -0.39 is 24.3 Å². The summed E-state index contributed by atoms with van der Waals surface area (Å²) in [7, 11) is 1.50. The highest BCUT2D eigenvalue weighted by atomic mass is 16.4. The van der Waals surface area contributed by atoms with E-state index in [0.29, 0.717) is 12.1 Å². The molecule has 0 radical (unpaired) electrons. The van der Waals surface area contributed by atoms with Gasteiger partial charge in [-0.05, 0) is 18.7 Å². The molecule has 6 nitrogen and oxygen atoms in total. The van der Waals surface area contributed by atoms with Crippen molar-refractivity contribution >= 4 is 11.8 Å². The maximum atomic E-state index is 11.6. The first-order chi connectivity index (χ1) is 8.54. The molecule has 0 fully saturated rings. The lowest BCUT2D eigenvalue weighted by Crippen LogP contribution is -2.23. The van der Waals surface area contributed by atoms with Crippen LogP contribution >= 0.6 is 0 Å². The molecule has 6 N–H and O–H groups in total. The Kier molecular flexibility index (Phi) is 7.53. The summed E-state index contributed by atoms with van der Waals surface area (Å²) in [5, 5.41) is 17.5. The zero-order valence-electron chi connectivity index (χ0n) is 10.2. The Morgan fingerprint density at radius 1 is 1.33 bits per heavy atom. The Balaban J connectivity index is 0.00000137. The zero-order valence-corrected chi connectivity index (χ0v) is 10.2. The van der Waals surface area contributed by atoms with E-state index in [1.54, 1.807) is 24.3 Å².